The zero-order chi connectivity index (χ0) is 15.7. The van der Waals surface area contributed by atoms with Crippen LogP contribution in [0.3, 0.4) is 0 Å². The van der Waals surface area contributed by atoms with E-state index in [9.17, 15) is 4.79 Å². The van der Waals surface area contributed by atoms with Crippen LogP contribution in [0.2, 0.25) is 0 Å². The molecule has 1 amide bonds. The molecule has 1 saturated carbocycles. The van der Waals surface area contributed by atoms with Crippen molar-refractivity contribution in [1.82, 2.24) is 5.32 Å². The Hall–Kier alpha value is -1.39. The van der Waals surface area contributed by atoms with Gasteiger partial charge in [0.05, 0.1) is 6.10 Å². The normalized spacial score (nSPS) is 29.4. The lowest BCUT2D eigenvalue weighted by Gasteiger charge is -2.52. The first-order chi connectivity index (χ1) is 10.5. The number of carbonyl (C=O) groups excluding carboxylic acids is 1. The van der Waals surface area contributed by atoms with Gasteiger partial charge in [-0.05, 0) is 25.0 Å². The van der Waals surface area contributed by atoms with Gasteiger partial charge in [0.15, 0.2) is 0 Å². The van der Waals surface area contributed by atoms with E-state index in [1.165, 1.54) is 5.56 Å². The number of benzene rings is 1. The van der Waals surface area contributed by atoms with Gasteiger partial charge in [-0.25, -0.2) is 0 Å². The summed E-state index contributed by atoms with van der Waals surface area (Å²) in [6.07, 6.45) is 1.96. The van der Waals surface area contributed by atoms with Gasteiger partial charge in [0.2, 0.25) is 5.91 Å². The highest BCUT2D eigenvalue weighted by atomic mass is 16.5. The number of para-hydroxylation sites is 1. The fourth-order valence-electron chi connectivity index (χ4n) is 3.68. The molecule has 2 N–H and O–H groups in total. The molecule has 0 spiro atoms. The Morgan fingerprint density at radius 3 is 2.86 bits per heavy atom. The van der Waals surface area contributed by atoms with Crippen molar-refractivity contribution < 1.29 is 9.53 Å². The molecule has 0 bridgehead atoms. The zero-order valence-corrected chi connectivity index (χ0v) is 13.7. The predicted octanol–water partition coefficient (Wildman–Crippen LogP) is 2.91. The molecular weight excluding hydrogens is 276 g/mol. The quantitative estimate of drug-likeness (QED) is 0.879. The molecule has 2 aliphatic rings. The molecule has 0 radical (unpaired) electrons. The fourth-order valence-corrected chi connectivity index (χ4v) is 3.68. The molecule has 3 rings (SSSR count). The number of fused-ring (bicyclic) bond motifs is 1. The van der Waals surface area contributed by atoms with Crippen LogP contribution in [0.5, 0.6) is 0 Å². The molecule has 0 saturated heterocycles. The monoisotopic (exact) mass is 302 g/mol. The van der Waals surface area contributed by atoms with Crippen molar-refractivity contribution in [3.63, 3.8) is 0 Å². The molecule has 1 aromatic carbocycles. The third kappa shape index (κ3) is 2.77. The molecule has 1 heterocycles. The zero-order valence-electron chi connectivity index (χ0n) is 13.7. The minimum absolute atomic E-state index is 0.116. The van der Waals surface area contributed by atoms with E-state index in [1.807, 2.05) is 18.2 Å². The third-order valence-electron chi connectivity index (χ3n) is 5.26. The molecule has 4 nitrogen and oxygen atoms in total. The minimum Gasteiger partial charge on any atom is -0.378 e. The van der Waals surface area contributed by atoms with Gasteiger partial charge in [0.1, 0.15) is 0 Å². The van der Waals surface area contributed by atoms with Gasteiger partial charge in [-0.2, -0.15) is 0 Å². The van der Waals surface area contributed by atoms with Crippen molar-refractivity contribution in [1.29, 1.82) is 0 Å². The maximum absolute atomic E-state index is 11.9. The summed E-state index contributed by atoms with van der Waals surface area (Å²) < 4.78 is 5.78. The molecule has 1 fully saturated rings. The summed E-state index contributed by atoms with van der Waals surface area (Å²) in [6.45, 7) is 8.19. The summed E-state index contributed by atoms with van der Waals surface area (Å²) in [5.41, 5.74) is 2.37. The number of ether oxygens (including phenoxy) is 1. The summed E-state index contributed by atoms with van der Waals surface area (Å²) in [5.74, 6) is 0.373. The van der Waals surface area contributed by atoms with Crippen LogP contribution in [0, 0.1) is 5.41 Å². The summed E-state index contributed by atoms with van der Waals surface area (Å²) >= 11 is 0. The second-order valence-electron chi connectivity index (χ2n) is 7.00. The fraction of sp³-hybridized carbons (Fsp3) is 0.611. The van der Waals surface area contributed by atoms with E-state index in [4.69, 9.17) is 4.74 Å². The second-order valence-corrected chi connectivity index (χ2v) is 7.00. The number of nitrogens with one attached hydrogen (secondary N) is 2. The Balaban J connectivity index is 1.62. The number of anilines is 1. The van der Waals surface area contributed by atoms with Crippen molar-refractivity contribution >= 4 is 11.6 Å². The van der Waals surface area contributed by atoms with E-state index in [2.05, 4.69) is 37.5 Å². The molecular formula is C18H26N2O2. The summed E-state index contributed by atoms with van der Waals surface area (Å²) in [7, 11) is 0. The van der Waals surface area contributed by atoms with Gasteiger partial charge in [-0.1, -0.05) is 32.0 Å². The number of amides is 1. The molecule has 0 aromatic heterocycles. The van der Waals surface area contributed by atoms with Crippen LogP contribution in [0.4, 0.5) is 5.69 Å². The summed E-state index contributed by atoms with van der Waals surface area (Å²) in [6, 6.07) is 8.58. The Kier molecular flexibility index (Phi) is 4.24. The highest BCUT2D eigenvalue weighted by molar-refractivity contribution is 5.94. The van der Waals surface area contributed by atoms with Crippen LogP contribution in [0.15, 0.2) is 24.3 Å². The first-order valence-electron chi connectivity index (χ1n) is 8.26. The van der Waals surface area contributed by atoms with Crippen molar-refractivity contribution in [2.75, 3.05) is 18.5 Å². The van der Waals surface area contributed by atoms with Crippen molar-refractivity contribution in [2.45, 2.75) is 51.7 Å². The highest BCUT2D eigenvalue weighted by Gasteiger charge is 2.48. The Morgan fingerprint density at radius 2 is 2.14 bits per heavy atom. The van der Waals surface area contributed by atoms with Gasteiger partial charge >= 0.3 is 0 Å². The van der Waals surface area contributed by atoms with Gasteiger partial charge in [0.25, 0.3) is 0 Å². The van der Waals surface area contributed by atoms with Crippen LogP contribution >= 0.6 is 0 Å². The number of carbonyl (C=O) groups is 1. The molecule has 1 aliphatic heterocycles. The van der Waals surface area contributed by atoms with E-state index in [0.29, 0.717) is 18.6 Å². The van der Waals surface area contributed by atoms with Crippen LogP contribution in [-0.2, 0) is 9.53 Å². The first kappa shape index (κ1) is 15.5. The minimum atomic E-state index is 0.116. The molecule has 22 heavy (non-hydrogen) atoms. The first-order valence-corrected chi connectivity index (χ1v) is 8.26. The van der Waals surface area contributed by atoms with Gasteiger partial charge in [-0.15, -0.1) is 0 Å². The van der Waals surface area contributed by atoms with Gasteiger partial charge in [0, 0.05) is 42.6 Å². The van der Waals surface area contributed by atoms with Crippen molar-refractivity contribution in [3.8, 4) is 0 Å². The van der Waals surface area contributed by atoms with E-state index < -0.39 is 0 Å². The lowest BCUT2D eigenvalue weighted by atomic mass is 9.64. The highest BCUT2D eigenvalue weighted by Crippen LogP contribution is 2.43. The van der Waals surface area contributed by atoms with E-state index in [-0.39, 0.29) is 17.2 Å². The Labute approximate surface area is 132 Å². The van der Waals surface area contributed by atoms with Crippen molar-refractivity contribution in [2.24, 2.45) is 5.41 Å². The Bertz CT molecular complexity index is 556. The molecule has 1 aliphatic carbocycles. The largest absolute Gasteiger partial charge is 0.378 e. The average molecular weight is 302 g/mol. The lowest BCUT2D eigenvalue weighted by molar-refractivity contribution is -0.118. The summed E-state index contributed by atoms with van der Waals surface area (Å²) in [5, 5.41) is 6.63. The SMILES string of the molecule is CCO[C@@H]1C[C@H](NC[C@@H]2CC(=O)Nc3ccccc32)C1(C)C. The smallest absolute Gasteiger partial charge is 0.225 e. The molecule has 4 heteroatoms. The maximum atomic E-state index is 11.9. The standard InChI is InChI=1S/C18H26N2O2/c1-4-22-16-10-15(18(16,2)3)19-11-12-9-17(21)20-14-8-6-5-7-13(12)14/h5-8,12,15-16,19H,4,9-11H2,1-3H3,(H,20,21)/t12-,15-,16+/m0/s1. The number of hydrogen-bond donors (Lipinski definition) is 2. The molecule has 0 unspecified atom stereocenters. The number of rotatable bonds is 5. The van der Waals surface area contributed by atoms with Crippen LogP contribution in [-0.4, -0.2) is 31.2 Å². The number of hydrogen-bond acceptors (Lipinski definition) is 3. The Morgan fingerprint density at radius 1 is 1.36 bits per heavy atom. The van der Waals surface area contributed by atoms with Crippen LogP contribution in [0.1, 0.15) is 45.1 Å². The van der Waals surface area contributed by atoms with Crippen LogP contribution in [0.25, 0.3) is 0 Å². The topological polar surface area (TPSA) is 50.4 Å². The van der Waals surface area contributed by atoms with E-state index in [0.717, 1.165) is 25.3 Å². The van der Waals surface area contributed by atoms with Gasteiger partial charge in [-0.3, -0.25) is 4.79 Å². The maximum Gasteiger partial charge on any atom is 0.225 e. The van der Waals surface area contributed by atoms with E-state index in [1.54, 1.807) is 0 Å². The third-order valence-corrected chi connectivity index (χ3v) is 5.26. The second kappa shape index (κ2) is 6.01. The summed E-state index contributed by atoms with van der Waals surface area (Å²) in [4.78, 5) is 11.9. The predicted molar refractivity (Wildman–Crippen MR) is 88.0 cm³/mol. The van der Waals surface area contributed by atoms with Gasteiger partial charge < -0.3 is 15.4 Å². The van der Waals surface area contributed by atoms with Crippen LogP contribution < -0.4 is 10.6 Å². The average Bonchev–Trinajstić information content (AvgIpc) is 2.49. The molecule has 3 atom stereocenters. The van der Waals surface area contributed by atoms with Crippen molar-refractivity contribution in [3.05, 3.63) is 29.8 Å². The lowest BCUT2D eigenvalue weighted by Crippen LogP contribution is -2.61. The molecule has 1 aromatic rings. The molecule has 120 valence electrons. The van der Waals surface area contributed by atoms with E-state index >= 15 is 0 Å².